The topological polar surface area (TPSA) is 58.2 Å². The Hall–Kier alpha value is -0.910. The van der Waals surface area contributed by atoms with Gasteiger partial charge in [0, 0.05) is 12.6 Å². The minimum atomic E-state index is -3.40. The standard InChI is InChI=1S/C16H26N2O2S/c1-13(17-2)12-18-21(19,20)16-10-8-15(9-11-16)14-6-4-3-5-7-14/h8-11,13-14,17-18H,3-7,12H2,1-2H3. The smallest absolute Gasteiger partial charge is 0.240 e. The first-order valence-corrected chi connectivity index (χ1v) is 9.28. The highest BCUT2D eigenvalue weighted by atomic mass is 32.2. The summed E-state index contributed by atoms with van der Waals surface area (Å²) in [6, 6.07) is 7.53. The van der Waals surface area contributed by atoms with Crippen molar-refractivity contribution in [3.8, 4) is 0 Å². The molecule has 0 aromatic heterocycles. The summed E-state index contributed by atoms with van der Waals surface area (Å²) in [7, 11) is -1.59. The molecule has 2 N–H and O–H groups in total. The second kappa shape index (κ2) is 7.38. The van der Waals surface area contributed by atoms with E-state index >= 15 is 0 Å². The monoisotopic (exact) mass is 310 g/mol. The van der Waals surface area contributed by atoms with Crippen molar-refractivity contribution in [3.63, 3.8) is 0 Å². The zero-order valence-corrected chi connectivity index (χ0v) is 13.7. The molecule has 2 rings (SSSR count). The van der Waals surface area contributed by atoms with Gasteiger partial charge in [-0.1, -0.05) is 31.4 Å². The fourth-order valence-corrected chi connectivity index (χ4v) is 3.91. The summed E-state index contributed by atoms with van der Waals surface area (Å²) in [6.45, 7) is 2.33. The number of sulfonamides is 1. The molecule has 4 nitrogen and oxygen atoms in total. The van der Waals surface area contributed by atoms with Crippen molar-refractivity contribution in [3.05, 3.63) is 29.8 Å². The van der Waals surface area contributed by atoms with Gasteiger partial charge in [0.1, 0.15) is 0 Å². The van der Waals surface area contributed by atoms with E-state index in [9.17, 15) is 8.42 Å². The van der Waals surface area contributed by atoms with Crippen LogP contribution in [0, 0.1) is 0 Å². The van der Waals surface area contributed by atoms with Crippen LogP contribution in [0.1, 0.15) is 50.5 Å². The van der Waals surface area contributed by atoms with Crippen LogP contribution in [0.5, 0.6) is 0 Å². The summed E-state index contributed by atoms with van der Waals surface area (Å²) in [5.74, 6) is 0.604. The Balaban J connectivity index is 2.03. The first-order valence-electron chi connectivity index (χ1n) is 7.80. The molecule has 1 aromatic rings. The van der Waals surface area contributed by atoms with E-state index in [1.807, 2.05) is 26.1 Å². The van der Waals surface area contributed by atoms with Crippen LogP contribution < -0.4 is 10.0 Å². The largest absolute Gasteiger partial charge is 0.316 e. The van der Waals surface area contributed by atoms with Crippen LogP contribution in [0.15, 0.2) is 29.2 Å². The van der Waals surface area contributed by atoms with Crippen LogP contribution in [-0.2, 0) is 10.0 Å². The molecular formula is C16H26N2O2S. The molecule has 5 heteroatoms. The molecule has 0 saturated heterocycles. The summed E-state index contributed by atoms with van der Waals surface area (Å²) < 4.78 is 27.0. The van der Waals surface area contributed by atoms with E-state index in [1.165, 1.54) is 37.7 Å². The van der Waals surface area contributed by atoms with Crippen molar-refractivity contribution in [2.24, 2.45) is 0 Å². The summed E-state index contributed by atoms with van der Waals surface area (Å²) in [5, 5.41) is 3.01. The van der Waals surface area contributed by atoms with Gasteiger partial charge < -0.3 is 5.32 Å². The number of hydrogen-bond donors (Lipinski definition) is 2. The third kappa shape index (κ3) is 4.53. The Bertz CT molecular complexity index is 534. The van der Waals surface area contributed by atoms with Crippen molar-refractivity contribution in [2.75, 3.05) is 13.6 Å². The number of nitrogens with one attached hydrogen (secondary N) is 2. The van der Waals surface area contributed by atoms with E-state index in [-0.39, 0.29) is 6.04 Å². The van der Waals surface area contributed by atoms with Gasteiger partial charge in [0.2, 0.25) is 10.0 Å². The maximum atomic E-state index is 12.2. The van der Waals surface area contributed by atoms with Crippen molar-refractivity contribution < 1.29 is 8.42 Å². The Labute approximate surface area is 128 Å². The molecule has 1 atom stereocenters. The Kier molecular flexibility index (Phi) is 5.79. The second-order valence-corrected chi connectivity index (χ2v) is 7.71. The lowest BCUT2D eigenvalue weighted by Crippen LogP contribution is -2.37. The van der Waals surface area contributed by atoms with Crippen LogP contribution in [0.3, 0.4) is 0 Å². The third-order valence-electron chi connectivity index (χ3n) is 4.34. The number of rotatable bonds is 6. The fourth-order valence-electron chi connectivity index (χ4n) is 2.78. The molecule has 1 aliphatic carbocycles. The molecule has 1 aliphatic rings. The highest BCUT2D eigenvalue weighted by Crippen LogP contribution is 2.32. The average molecular weight is 310 g/mol. The Morgan fingerprint density at radius 1 is 1.14 bits per heavy atom. The highest BCUT2D eigenvalue weighted by Gasteiger charge is 2.18. The van der Waals surface area contributed by atoms with Crippen LogP contribution in [0.25, 0.3) is 0 Å². The van der Waals surface area contributed by atoms with Gasteiger partial charge in [0.05, 0.1) is 4.90 Å². The minimum Gasteiger partial charge on any atom is -0.316 e. The maximum Gasteiger partial charge on any atom is 0.240 e. The van der Waals surface area contributed by atoms with Crippen LogP contribution >= 0.6 is 0 Å². The lowest BCUT2D eigenvalue weighted by Gasteiger charge is -2.22. The van der Waals surface area contributed by atoms with Gasteiger partial charge in [0.15, 0.2) is 0 Å². The van der Waals surface area contributed by atoms with Gasteiger partial charge in [-0.3, -0.25) is 0 Å². The van der Waals surface area contributed by atoms with Gasteiger partial charge in [-0.2, -0.15) is 0 Å². The summed E-state index contributed by atoms with van der Waals surface area (Å²) in [4.78, 5) is 0.352. The molecule has 0 bridgehead atoms. The Morgan fingerprint density at radius 2 is 1.76 bits per heavy atom. The minimum absolute atomic E-state index is 0.112. The number of benzene rings is 1. The second-order valence-electron chi connectivity index (χ2n) is 5.95. The SMILES string of the molecule is CNC(C)CNS(=O)(=O)c1ccc(C2CCCCC2)cc1. The van der Waals surface area contributed by atoms with E-state index in [2.05, 4.69) is 10.0 Å². The molecule has 1 unspecified atom stereocenters. The fraction of sp³-hybridized carbons (Fsp3) is 0.625. The Morgan fingerprint density at radius 3 is 2.33 bits per heavy atom. The van der Waals surface area contributed by atoms with Gasteiger partial charge in [0.25, 0.3) is 0 Å². The lowest BCUT2D eigenvalue weighted by atomic mass is 9.84. The van der Waals surface area contributed by atoms with Gasteiger partial charge in [-0.25, -0.2) is 13.1 Å². The zero-order chi connectivity index (χ0) is 15.3. The molecule has 118 valence electrons. The summed E-state index contributed by atoms with van der Waals surface area (Å²) in [6.07, 6.45) is 6.35. The first kappa shape index (κ1) is 16.5. The molecular weight excluding hydrogens is 284 g/mol. The molecule has 21 heavy (non-hydrogen) atoms. The molecule has 1 fully saturated rings. The number of likely N-dealkylation sites (N-methyl/N-ethyl adjacent to an activating group) is 1. The molecule has 0 radical (unpaired) electrons. The molecule has 0 spiro atoms. The quantitative estimate of drug-likeness (QED) is 0.849. The van der Waals surface area contributed by atoms with Crippen molar-refractivity contribution in [1.82, 2.24) is 10.0 Å². The van der Waals surface area contributed by atoms with Gasteiger partial charge >= 0.3 is 0 Å². The molecule has 1 saturated carbocycles. The zero-order valence-electron chi connectivity index (χ0n) is 12.9. The predicted molar refractivity (Wildman–Crippen MR) is 86.0 cm³/mol. The van der Waals surface area contributed by atoms with Gasteiger partial charge in [-0.05, 0) is 50.4 Å². The molecule has 0 heterocycles. The third-order valence-corrected chi connectivity index (χ3v) is 5.78. The molecule has 1 aromatic carbocycles. The van der Waals surface area contributed by atoms with E-state index in [4.69, 9.17) is 0 Å². The van der Waals surface area contributed by atoms with E-state index in [0.29, 0.717) is 17.4 Å². The van der Waals surface area contributed by atoms with Crippen LogP contribution in [0.2, 0.25) is 0 Å². The molecule has 0 aliphatic heterocycles. The number of hydrogen-bond acceptors (Lipinski definition) is 3. The van der Waals surface area contributed by atoms with Gasteiger partial charge in [-0.15, -0.1) is 0 Å². The lowest BCUT2D eigenvalue weighted by molar-refractivity contribution is 0.443. The molecule has 0 amide bonds. The van der Waals surface area contributed by atoms with Crippen LogP contribution in [-0.4, -0.2) is 28.1 Å². The first-order chi connectivity index (χ1) is 10.0. The summed E-state index contributed by atoms with van der Waals surface area (Å²) in [5.41, 5.74) is 1.28. The summed E-state index contributed by atoms with van der Waals surface area (Å²) >= 11 is 0. The predicted octanol–water partition coefficient (Wildman–Crippen LogP) is 2.62. The maximum absolute atomic E-state index is 12.2. The van der Waals surface area contributed by atoms with Crippen molar-refractivity contribution in [1.29, 1.82) is 0 Å². The normalized spacial score (nSPS) is 18.6. The van der Waals surface area contributed by atoms with Crippen molar-refractivity contribution >= 4 is 10.0 Å². The van der Waals surface area contributed by atoms with E-state index in [1.54, 1.807) is 12.1 Å². The van der Waals surface area contributed by atoms with E-state index in [0.717, 1.165) is 0 Å². The van der Waals surface area contributed by atoms with E-state index < -0.39 is 10.0 Å². The highest BCUT2D eigenvalue weighted by molar-refractivity contribution is 7.89. The average Bonchev–Trinajstić information content (AvgIpc) is 2.53. The van der Waals surface area contributed by atoms with Crippen molar-refractivity contribution in [2.45, 2.75) is 55.9 Å². The van der Waals surface area contributed by atoms with Crippen LogP contribution in [0.4, 0.5) is 0 Å².